The van der Waals surface area contributed by atoms with Crippen molar-refractivity contribution in [3.63, 3.8) is 0 Å². The van der Waals surface area contributed by atoms with Gasteiger partial charge < -0.3 is 10.2 Å². The standard InChI is InChI=1S/C25H29N3O2/c1-17-12-14-21(15-13-17)27-24(29)16-28(4)25(30)19(3)26-18(2)22-11-7-9-20-8-5-6-10-23(20)22/h5-15,18-19,26H,16H2,1-4H3,(H,27,29)/t18-,19+/m1/s1. The molecule has 3 aromatic carbocycles. The van der Waals surface area contributed by atoms with E-state index in [1.165, 1.54) is 15.7 Å². The maximum Gasteiger partial charge on any atom is 0.243 e. The van der Waals surface area contributed by atoms with Crippen molar-refractivity contribution in [2.45, 2.75) is 32.9 Å². The average Bonchev–Trinajstić information content (AvgIpc) is 2.74. The second-order valence-corrected chi connectivity index (χ2v) is 7.79. The molecule has 0 heterocycles. The molecule has 3 aromatic rings. The lowest BCUT2D eigenvalue weighted by atomic mass is 9.99. The number of aryl methyl sites for hydroxylation is 1. The summed E-state index contributed by atoms with van der Waals surface area (Å²) in [7, 11) is 1.65. The molecule has 0 aliphatic rings. The number of benzene rings is 3. The quantitative estimate of drug-likeness (QED) is 0.619. The number of anilines is 1. The van der Waals surface area contributed by atoms with Crippen LogP contribution >= 0.6 is 0 Å². The van der Waals surface area contributed by atoms with E-state index in [0.29, 0.717) is 0 Å². The number of carbonyl (C=O) groups excluding carboxylic acids is 2. The maximum absolute atomic E-state index is 12.8. The van der Waals surface area contributed by atoms with Gasteiger partial charge in [-0.2, -0.15) is 0 Å². The van der Waals surface area contributed by atoms with Crippen LogP contribution < -0.4 is 10.6 Å². The molecule has 2 N–H and O–H groups in total. The van der Waals surface area contributed by atoms with Gasteiger partial charge in [-0.1, -0.05) is 60.2 Å². The molecule has 0 aliphatic heterocycles. The minimum atomic E-state index is -0.420. The molecule has 156 valence electrons. The highest BCUT2D eigenvalue weighted by Gasteiger charge is 2.22. The van der Waals surface area contributed by atoms with Crippen LogP contribution in [-0.4, -0.2) is 36.3 Å². The van der Waals surface area contributed by atoms with Crippen LogP contribution in [0.2, 0.25) is 0 Å². The van der Waals surface area contributed by atoms with Crippen LogP contribution in [0, 0.1) is 6.92 Å². The number of fused-ring (bicyclic) bond motifs is 1. The number of hydrogen-bond acceptors (Lipinski definition) is 3. The van der Waals surface area contributed by atoms with Crippen molar-refractivity contribution < 1.29 is 9.59 Å². The number of likely N-dealkylation sites (N-methyl/N-ethyl adjacent to an activating group) is 1. The Labute approximate surface area is 178 Å². The van der Waals surface area contributed by atoms with Crippen LogP contribution in [0.25, 0.3) is 10.8 Å². The molecule has 5 nitrogen and oxygen atoms in total. The minimum absolute atomic E-state index is 0.00137. The normalized spacial score (nSPS) is 12.9. The van der Waals surface area contributed by atoms with E-state index in [1.807, 2.05) is 56.3 Å². The Morgan fingerprint density at radius 3 is 2.33 bits per heavy atom. The maximum atomic E-state index is 12.8. The van der Waals surface area contributed by atoms with Gasteiger partial charge in [0.1, 0.15) is 0 Å². The zero-order valence-electron chi connectivity index (χ0n) is 18.0. The fraction of sp³-hybridized carbons (Fsp3) is 0.280. The summed E-state index contributed by atoms with van der Waals surface area (Å²) in [6.45, 7) is 5.88. The van der Waals surface area contributed by atoms with E-state index in [2.05, 4.69) is 41.8 Å². The third-order valence-electron chi connectivity index (χ3n) is 5.25. The fourth-order valence-corrected chi connectivity index (χ4v) is 3.63. The lowest BCUT2D eigenvalue weighted by Crippen LogP contribution is -2.46. The molecule has 0 saturated heterocycles. The van der Waals surface area contributed by atoms with Crippen LogP contribution in [0.1, 0.15) is 31.0 Å². The predicted octanol–water partition coefficient (Wildman–Crippen LogP) is 4.28. The van der Waals surface area contributed by atoms with Gasteiger partial charge in [-0.3, -0.25) is 14.9 Å². The third-order valence-corrected chi connectivity index (χ3v) is 5.25. The lowest BCUT2D eigenvalue weighted by Gasteiger charge is -2.25. The monoisotopic (exact) mass is 403 g/mol. The van der Waals surface area contributed by atoms with Crippen LogP contribution in [-0.2, 0) is 9.59 Å². The summed E-state index contributed by atoms with van der Waals surface area (Å²) >= 11 is 0. The summed E-state index contributed by atoms with van der Waals surface area (Å²) in [5.74, 6) is -0.342. The molecule has 0 spiro atoms. The van der Waals surface area contributed by atoms with Crippen molar-refractivity contribution in [3.05, 3.63) is 77.9 Å². The molecular formula is C25H29N3O2. The molecule has 0 aliphatic carbocycles. The Kier molecular flexibility index (Phi) is 6.85. The molecule has 0 unspecified atom stereocenters. The largest absolute Gasteiger partial charge is 0.335 e. The summed E-state index contributed by atoms with van der Waals surface area (Å²) in [6.07, 6.45) is 0. The van der Waals surface area contributed by atoms with E-state index in [9.17, 15) is 9.59 Å². The fourth-order valence-electron chi connectivity index (χ4n) is 3.63. The Balaban J connectivity index is 1.58. The van der Waals surface area contributed by atoms with Gasteiger partial charge in [0.15, 0.2) is 0 Å². The van der Waals surface area contributed by atoms with Crippen LogP contribution in [0.4, 0.5) is 5.69 Å². The Morgan fingerprint density at radius 1 is 0.933 bits per heavy atom. The summed E-state index contributed by atoms with van der Waals surface area (Å²) in [5, 5.41) is 8.55. The average molecular weight is 404 g/mol. The van der Waals surface area contributed by atoms with E-state index in [-0.39, 0.29) is 24.4 Å². The molecule has 0 saturated carbocycles. The van der Waals surface area contributed by atoms with Crippen molar-refractivity contribution in [1.82, 2.24) is 10.2 Å². The second kappa shape index (κ2) is 9.55. The Hall–Kier alpha value is -3.18. The highest BCUT2D eigenvalue weighted by atomic mass is 16.2. The van der Waals surface area contributed by atoms with Crippen LogP contribution in [0.5, 0.6) is 0 Å². The van der Waals surface area contributed by atoms with Gasteiger partial charge in [0.05, 0.1) is 12.6 Å². The van der Waals surface area contributed by atoms with Gasteiger partial charge in [0, 0.05) is 18.8 Å². The van der Waals surface area contributed by atoms with E-state index in [0.717, 1.165) is 16.8 Å². The number of hydrogen-bond donors (Lipinski definition) is 2. The number of carbonyl (C=O) groups is 2. The van der Waals surface area contributed by atoms with Crippen molar-refractivity contribution in [2.75, 3.05) is 18.9 Å². The van der Waals surface area contributed by atoms with E-state index in [4.69, 9.17) is 0 Å². The summed E-state index contributed by atoms with van der Waals surface area (Å²) in [5.41, 5.74) is 3.00. The SMILES string of the molecule is Cc1ccc(NC(=O)CN(C)C(=O)[C@H](C)N[C@H](C)c2cccc3ccccc23)cc1. The first-order valence-corrected chi connectivity index (χ1v) is 10.2. The molecule has 0 aromatic heterocycles. The highest BCUT2D eigenvalue weighted by Crippen LogP contribution is 2.24. The van der Waals surface area contributed by atoms with Crippen LogP contribution in [0.15, 0.2) is 66.7 Å². The molecule has 0 bridgehead atoms. The minimum Gasteiger partial charge on any atom is -0.335 e. The molecule has 2 atom stereocenters. The number of nitrogens with one attached hydrogen (secondary N) is 2. The molecule has 30 heavy (non-hydrogen) atoms. The first-order valence-electron chi connectivity index (χ1n) is 10.2. The Morgan fingerprint density at radius 2 is 1.60 bits per heavy atom. The summed E-state index contributed by atoms with van der Waals surface area (Å²) < 4.78 is 0. The predicted molar refractivity (Wildman–Crippen MR) is 122 cm³/mol. The van der Waals surface area contributed by atoms with Gasteiger partial charge in [-0.05, 0) is 49.2 Å². The lowest BCUT2D eigenvalue weighted by molar-refractivity contribution is -0.135. The zero-order chi connectivity index (χ0) is 21.7. The zero-order valence-corrected chi connectivity index (χ0v) is 18.0. The number of amides is 2. The van der Waals surface area contributed by atoms with Crippen molar-refractivity contribution in [1.29, 1.82) is 0 Å². The highest BCUT2D eigenvalue weighted by molar-refractivity contribution is 5.95. The second-order valence-electron chi connectivity index (χ2n) is 7.79. The Bertz CT molecular complexity index is 1020. The van der Waals surface area contributed by atoms with Gasteiger partial charge in [0.25, 0.3) is 0 Å². The van der Waals surface area contributed by atoms with Crippen LogP contribution in [0.3, 0.4) is 0 Å². The van der Waals surface area contributed by atoms with Crippen molar-refractivity contribution >= 4 is 28.3 Å². The van der Waals surface area contributed by atoms with E-state index >= 15 is 0 Å². The van der Waals surface area contributed by atoms with Gasteiger partial charge in [-0.15, -0.1) is 0 Å². The first-order chi connectivity index (χ1) is 14.3. The molecule has 2 amide bonds. The first kappa shape index (κ1) is 21.5. The van der Waals surface area contributed by atoms with Gasteiger partial charge >= 0.3 is 0 Å². The van der Waals surface area contributed by atoms with Gasteiger partial charge in [0.2, 0.25) is 11.8 Å². The van der Waals surface area contributed by atoms with Crippen molar-refractivity contribution in [2.24, 2.45) is 0 Å². The topological polar surface area (TPSA) is 61.4 Å². The third kappa shape index (κ3) is 5.24. The molecule has 3 rings (SSSR count). The molecular weight excluding hydrogens is 374 g/mol. The van der Waals surface area contributed by atoms with E-state index in [1.54, 1.807) is 7.05 Å². The summed E-state index contributed by atoms with van der Waals surface area (Å²) in [4.78, 5) is 26.5. The van der Waals surface area contributed by atoms with Gasteiger partial charge in [-0.25, -0.2) is 0 Å². The van der Waals surface area contributed by atoms with E-state index < -0.39 is 6.04 Å². The molecule has 5 heteroatoms. The number of nitrogens with zero attached hydrogens (tertiary/aromatic N) is 1. The summed E-state index contributed by atoms with van der Waals surface area (Å²) in [6, 6.07) is 21.6. The molecule has 0 radical (unpaired) electrons. The molecule has 0 fully saturated rings. The number of rotatable bonds is 7. The van der Waals surface area contributed by atoms with Crippen molar-refractivity contribution in [3.8, 4) is 0 Å². The smallest absolute Gasteiger partial charge is 0.243 e.